The molecule has 2 N–H and O–H groups in total. The SMILES string of the molecule is CC(C)C1C=C(C(=O)N2CCC(n3c(=O)[nH]c4ccccc43)CC2)OC(OCCCCO)C1. The van der Waals surface area contributed by atoms with Gasteiger partial charge in [0.15, 0.2) is 5.76 Å². The Morgan fingerprint density at radius 1 is 1.24 bits per heavy atom. The van der Waals surface area contributed by atoms with Crippen molar-refractivity contribution in [1.29, 1.82) is 0 Å². The topological polar surface area (TPSA) is 96.8 Å². The van der Waals surface area contributed by atoms with Crippen LogP contribution in [0.4, 0.5) is 0 Å². The molecule has 0 spiro atoms. The summed E-state index contributed by atoms with van der Waals surface area (Å²) in [5.74, 6) is 0.853. The van der Waals surface area contributed by atoms with Crippen LogP contribution < -0.4 is 5.69 Å². The number of aromatic amines is 1. The number of amides is 1. The van der Waals surface area contributed by atoms with Crippen molar-refractivity contribution in [3.05, 3.63) is 46.6 Å². The number of unbranched alkanes of at least 4 members (excludes halogenated alkanes) is 1. The first-order valence-corrected chi connectivity index (χ1v) is 12.1. The molecule has 8 heteroatoms. The molecule has 33 heavy (non-hydrogen) atoms. The second-order valence-electron chi connectivity index (χ2n) is 9.36. The standard InChI is InChI=1S/C25H35N3O5/c1-17(2)18-15-22(33-23(16-18)32-14-6-5-13-29)24(30)27-11-9-19(10-12-27)28-21-8-4-3-7-20(21)26-25(28)31/h3-4,7-8,15,17-19,23,29H,5-6,9-14,16H2,1-2H3,(H,26,31). The summed E-state index contributed by atoms with van der Waals surface area (Å²) in [6.07, 6.45) is 5.12. The van der Waals surface area contributed by atoms with Gasteiger partial charge in [0.2, 0.25) is 6.29 Å². The van der Waals surface area contributed by atoms with E-state index in [-0.39, 0.29) is 30.2 Å². The number of aromatic nitrogens is 2. The molecule has 0 bridgehead atoms. The Balaban J connectivity index is 1.40. The fourth-order valence-corrected chi connectivity index (χ4v) is 4.75. The molecule has 1 aromatic carbocycles. The Bertz CT molecular complexity index is 1030. The number of likely N-dealkylation sites (tertiary alicyclic amines) is 1. The number of para-hydroxylation sites is 2. The zero-order chi connectivity index (χ0) is 23.4. The van der Waals surface area contributed by atoms with Crippen molar-refractivity contribution in [3.8, 4) is 0 Å². The summed E-state index contributed by atoms with van der Waals surface area (Å²) >= 11 is 0. The molecule has 2 aliphatic heterocycles. The number of hydrogen-bond acceptors (Lipinski definition) is 5. The van der Waals surface area contributed by atoms with Crippen LogP contribution in [0, 0.1) is 11.8 Å². The number of aliphatic hydroxyl groups is 1. The number of hydrogen-bond donors (Lipinski definition) is 2. The smallest absolute Gasteiger partial charge is 0.326 e. The molecule has 0 saturated carbocycles. The third kappa shape index (κ3) is 5.33. The van der Waals surface area contributed by atoms with Crippen molar-refractivity contribution in [2.24, 2.45) is 11.8 Å². The van der Waals surface area contributed by atoms with Gasteiger partial charge in [-0.1, -0.05) is 26.0 Å². The predicted octanol–water partition coefficient (Wildman–Crippen LogP) is 3.18. The van der Waals surface area contributed by atoms with Gasteiger partial charge in [-0.2, -0.15) is 0 Å². The van der Waals surface area contributed by atoms with E-state index in [1.807, 2.05) is 39.8 Å². The zero-order valence-corrected chi connectivity index (χ0v) is 19.5. The molecule has 8 nitrogen and oxygen atoms in total. The van der Waals surface area contributed by atoms with E-state index in [9.17, 15) is 9.59 Å². The van der Waals surface area contributed by atoms with E-state index in [0.717, 1.165) is 36.7 Å². The Morgan fingerprint density at radius 3 is 2.73 bits per heavy atom. The summed E-state index contributed by atoms with van der Waals surface area (Å²) in [4.78, 5) is 30.6. The minimum Gasteiger partial charge on any atom is -0.459 e. The molecule has 0 radical (unpaired) electrons. The number of H-pyrrole nitrogens is 1. The molecular formula is C25H35N3O5. The Hall–Kier alpha value is -2.58. The number of nitrogens with one attached hydrogen (secondary N) is 1. The molecule has 1 fully saturated rings. The van der Waals surface area contributed by atoms with Gasteiger partial charge in [0.25, 0.3) is 5.91 Å². The second-order valence-corrected chi connectivity index (χ2v) is 9.36. The molecule has 1 saturated heterocycles. The average Bonchev–Trinajstić information content (AvgIpc) is 3.17. The normalized spacial score (nSPS) is 21.9. The van der Waals surface area contributed by atoms with Crippen LogP contribution >= 0.6 is 0 Å². The van der Waals surface area contributed by atoms with E-state index in [1.54, 1.807) is 0 Å². The van der Waals surface area contributed by atoms with Gasteiger partial charge in [0.05, 0.1) is 17.6 Å². The van der Waals surface area contributed by atoms with Gasteiger partial charge in [0, 0.05) is 32.2 Å². The first kappa shape index (κ1) is 23.6. The largest absolute Gasteiger partial charge is 0.459 e. The highest BCUT2D eigenvalue weighted by Gasteiger charge is 2.33. The first-order chi connectivity index (χ1) is 16.0. The van der Waals surface area contributed by atoms with Crippen LogP contribution in [0.1, 0.15) is 52.0 Å². The van der Waals surface area contributed by atoms with Crippen molar-refractivity contribution in [2.75, 3.05) is 26.3 Å². The molecule has 2 aliphatic rings. The molecule has 2 unspecified atom stereocenters. The van der Waals surface area contributed by atoms with Crippen molar-refractivity contribution in [3.63, 3.8) is 0 Å². The van der Waals surface area contributed by atoms with E-state index in [0.29, 0.717) is 37.8 Å². The number of rotatable bonds is 8. The fraction of sp³-hybridized carbons (Fsp3) is 0.600. The van der Waals surface area contributed by atoms with Gasteiger partial charge in [-0.25, -0.2) is 4.79 Å². The monoisotopic (exact) mass is 457 g/mol. The van der Waals surface area contributed by atoms with Crippen LogP contribution in [0.2, 0.25) is 0 Å². The maximum atomic E-state index is 13.3. The van der Waals surface area contributed by atoms with Gasteiger partial charge in [0.1, 0.15) is 0 Å². The number of ether oxygens (including phenoxy) is 2. The number of fused-ring (bicyclic) bond motifs is 1. The quantitative estimate of drug-likeness (QED) is 0.594. The van der Waals surface area contributed by atoms with E-state index < -0.39 is 6.29 Å². The predicted molar refractivity (Wildman–Crippen MR) is 126 cm³/mol. The van der Waals surface area contributed by atoms with Crippen LogP contribution in [-0.2, 0) is 14.3 Å². The lowest BCUT2D eigenvalue weighted by molar-refractivity contribution is -0.157. The van der Waals surface area contributed by atoms with Crippen molar-refractivity contribution < 1.29 is 19.4 Å². The van der Waals surface area contributed by atoms with Crippen LogP contribution in [0.5, 0.6) is 0 Å². The minimum absolute atomic E-state index is 0.0602. The molecule has 2 aromatic rings. The summed E-state index contributed by atoms with van der Waals surface area (Å²) in [5, 5.41) is 8.96. The summed E-state index contributed by atoms with van der Waals surface area (Å²) in [6, 6.07) is 7.77. The van der Waals surface area contributed by atoms with Crippen molar-refractivity contribution >= 4 is 16.9 Å². The van der Waals surface area contributed by atoms with Gasteiger partial charge in [-0.3, -0.25) is 9.36 Å². The second kappa shape index (κ2) is 10.6. The highest BCUT2D eigenvalue weighted by Crippen LogP contribution is 2.31. The Kier molecular flexibility index (Phi) is 7.55. The molecule has 180 valence electrons. The highest BCUT2D eigenvalue weighted by atomic mass is 16.7. The van der Waals surface area contributed by atoms with E-state index in [2.05, 4.69) is 18.8 Å². The third-order valence-corrected chi connectivity index (χ3v) is 6.75. The van der Waals surface area contributed by atoms with E-state index >= 15 is 0 Å². The average molecular weight is 458 g/mol. The number of carbonyl (C=O) groups is 1. The lowest BCUT2D eigenvalue weighted by atomic mass is 9.90. The summed E-state index contributed by atoms with van der Waals surface area (Å²) in [6.45, 7) is 6.08. The zero-order valence-electron chi connectivity index (χ0n) is 19.5. The lowest BCUT2D eigenvalue weighted by Crippen LogP contribution is -2.43. The van der Waals surface area contributed by atoms with Crippen LogP contribution in [0.25, 0.3) is 11.0 Å². The number of allylic oxidation sites excluding steroid dienone is 1. The molecule has 0 aliphatic carbocycles. The van der Waals surface area contributed by atoms with E-state index in [4.69, 9.17) is 14.6 Å². The Labute approximate surface area is 194 Å². The molecule has 2 atom stereocenters. The molecule has 1 amide bonds. The van der Waals surface area contributed by atoms with Crippen LogP contribution in [0.15, 0.2) is 40.9 Å². The Morgan fingerprint density at radius 2 is 2.00 bits per heavy atom. The highest BCUT2D eigenvalue weighted by molar-refractivity contribution is 5.91. The number of benzene rings is 1. The minimum atomic E-state index is -0.442. The van der Waals surface area contributed by atoms with Gasteiger partial charge in [-0.05, 0) is 55.7 Å². The summed E-state index contributed by atoms with van der Waals surface area (Å²) in [7, 11) is 0. The number of aliphatic hydroxyl groups excluding tert-OH is 1. The number of imidazole rings is 1. The third-order valence-electron chi connectivity index (χ3n) is 6.75. The van der Waals surface area contributed by atoms with Crippen molar-refractivity contribution in [2.45, 2.75) is 58.3 Å². The van der Waals surface area contributed by atoms with Crippen LogP contribution in [0.3, 0.4) is 0 Å². The summed E-state index contributed by atoms with van der Waals surface area (Å²) < 4.78 is 13.7. The molecule has 4 rings (SSSR count). The first-order valence-electron chi connectivity index (χ1n) is 12.1. The summed E-state index contributed by atoms with van der Waals surface area (Å²) in [5.41, 5.74) is 1.65. The molecular weight excluding hydrogens is 422 g/mol. The van der Waals surface area contributed by atoms with Gasteiger partial charge >= 0.3 is 5.69 Å². The van der Waals surface area contributed by atoms with Gasteiger partial charge < -0.3 is 24.5 Å². The van der Waals surface area contributed by atoms with Gasteiger partial charge in [-0.15, -0.1) is 0 Å². The maximum absolute atomic E-state index is 13.3. The van der Waals surface area contributed by atoms with Crippen LogP contribution in [-0.4, -0.2) is 58.1 Å². The van der Waals surface area contributed by atoms with Crippen molar-refractivity contribution in [1.82, 2.24) is 14.5 Å². The lowest BCUT2D eigenvalue weighted by Gasteiger charge is -2.36. The van der Waals surface area contributed by atoms with E-state index in [1.165, 1.54) is 0 Å². The number of carbonyl (C=O) groups excluding carboxylic acids is 1. The fourth-order valence-electron chi connectivity index (χ4n) is 4.75. The number of piperidine rings is 1. The maximum Gasteiger partial charge on any atom is 0.326 e. The molecule has 1 aromatic heterocycles. The molecule has 3 heterocycles. The number of nitrogens with zero attached hydrogens (tertiary/aromatic N) is 2.